The summed E-state index contributed by atoms with van der Waals surface area (Å²) in [7, 11) is 0. The van der Waals surface area contributed by atoms with Crippen LogP contribution in [0.25, 0.3) is 0 Å². The van der Waals surface area contributed by atoms with E-state index in [1.807, 2.05) is 6.20 Å². The number of rotatable bonds is 4. The normalized spacial score (nSPS) is 10.3. The van der Waals surface area contributed by atoms with Crippen molar-refractivity contribution >= 4 is 23.1 Å². The number of hydrogen-bond acceptors (Lipinski definition) is 5. The van der Waals surface area contributed by atoms with Crippen LogP contribution in [-0.4, -0.2) is 15.9 Å². The number of thiazole rings is 1. The van der Waals surface area contributed by atoms with Crippen molar-refractivity contribution in [2.75, 3.05) is 5.73 Å². The molecule has 0 aliphatic heterocycles. The smallest absolute Gasteiger partial charge is 0.251 e. The predicted molar refractivity (Wildman–Crippen MR) is 71.3 cm³/mol. The number of carbonyl (C=O) groups is 1. The first-order valence-electron chi connectivity index (χ1n) is 5.62. The Morgan fingerprint density at radius 2 is 2.33 bits per heavy atom. The van der Waals surface area contributed by atoms with Crippen LogP contribution in [0.3, 0.4) is 0 Å². The first kappa shape index (κ1) is 12.5. The lowest BCUT2D eigenvalue weighted by atomic mass is 10.2. The van der Waals surface area contributed by atoms with Crippen molar-refractivity contribution in [2.24, 2.45) is 0 Å². The molecule has 2 rings (SSSR count). The van der Waals surface area contributed by atoms with Crippen LogP contribution in [0.1, 0.15) is 27.2 Å². The lowest BCUT2D eigenvalue weighted by Gasteiger charge is -2.03. The van der Waals surface area contributed by atoms with E-state index in [1.165, 1.54) is 11.1 Å². The summed E-state index contributed by atoms with van der Waals surface area (Å²) < 4.78 is 0. The number of aromatic nitrogens is 2. The minimum absolute atomic E-state index is 0.169. The van der Waals surface area contributed by atoms with Crippen LogP contribution in [0.4, 0.5) is 5.82 Å². The maximum absolute atomic E-state index is 11.8. The second kappa shape index (κ2) is 5.59. The van der Waals surface area contributed by atoms with E-state index in [9.17, 15) is 4.79 Å². The van der Waals surface area contributed by atoms with Crippen LogP contribution < -0.4 is 11.1 Å². The molecule has 0 saturated carbocycles. The Labute approximate surface area is 109 Å². The van der Waals surface area contributed by atoms with Crippen molar-refractivity contribution in [3.05, 3.63) is 40.0 Å². The van der Waals surface area contributed by atoms with Crippen molar-refractivity contribution in [3.63, 3.8) is 0 Å². The monoisotopic (exact) mass is 262 g/mol. The van der Waals surface area contributed by atoms with Gasteiger partial charge < -0.3 is 11.1 Å². The summed E-state index contributed by atoms with van der Waals surface area (Å²) in [5.41, 5.74) is 6.03. The number of aryl methyl sites for hydroxylation is 1. The third kappa shape index (κ3) is 3.04. The quantitative estimate of drug-likeness (QED) is 0.877. The van der Waals surface area contributed by atoms with Crippen LogP contribution >= 0.6 is 11.3 Å². The molecule has 2 heterocycles. The molecular formula is C12H14N4OS. The summed E-state index contributed by atoms with van der Waals surface area (Å²) in [6.07, 6.45) is 4.33. The molecular weight excluding hydrogens is 248 g/mol. The Hall–Kier alpha value is -1.95. The predicted octanol–water partition coefficient (Wildman–Crippen LogP) is 1.61. The van der Waals surface area contributed by atoms with Crippen molar-refractivity contribution in [2.45, 2.75) is 19.9 Å². The molecule has 0 saturated heterocycles. The van der Waals surface area contributed by atoms with Gasteiger partial charge in [0, 0.05) is 22.8 Å². The van der Waals surface area contributed by atoms with Gasteiger partial charge in [-0.15, -0.1) is 11.3 Å². The van der Waals surface area contributed by atoms with Crippen LogP contribution in [0.15, 0.2) is 24.5 Å². The number of hydrogen-bond donors (Lipinski definition) is 2. The van der Waals surface area contributed by atoms with Crippen molar-refractivity contribution in [3.8, 4) is 0 Å². The van der Waals surface area contributed by atoms with Gasteiger partial charge in [0.05, 0.1) is 6.54 Å². The molecule has 0 atom stereocenters. The van der Waals surface area contributed by atoms with Gasteiger partial charge in [0.2, 0.25) is 0 Å². The Balaban J connectivity index is 1.96. The second-order valence-electron chi connectivity index (χ2n) is 3.73. The van der Waals surface area contributed by atoms with E-state index in [4.69, 9.17) is 5.73 Å². The first-order chi connectivity index (χ1) is 8.69. The number of nitrogens with one attached hydrogen (secondary N) is 1. The van der Waals surface area contributed by atoms with Gasteiger partial charge >= 0.3 is 0 Å². The van der Waals surface area contributed by atoms with Gasteiger partial charge in [-0.05, 0) is 18.6 Å². The number of pyridine rings is 1. The maximum Gasteiger partial charge on any atom is 0.251 e. The average molecular weight is 262 g/mol. The summed E-state index contributed by atoms with van der Waals surface area (Å²) in [5.74, 6) is 0.169. The summed E-state index contributed by atoms with van der Waals surface area (Å²) in [6.45, 7) is 2.52. The molecule has 1 amide bonds. The number of anilines is 1. The third-order valence-corrected chi connectivity index (χ3v) is 3.53. The summed E-state index contributed by atoms with van der Waals surface area (Å²) in [4.78, 5) is 21.1. The van der Waals surface area contributed by atoms with E-state index in [2.05, 4.69) is 22.2 Å². The molecule has 6 heteroatoms. The molecule has 0 spiro atoms. The average Bonchev–Trinajstić information content (AvgIpc) is 2.84. The van der Waals surface area contributed by atoms with E-state index >= 15 is 0 Å². The number of nitrogens with two attached hydrogens (primary N) is 1. The van der Waals surface area contributed by atoms with E-state index in [0.29, 0.717) is 17.9 Å². The lowest BCUT2D eigenvalue weighted by Crippen LogP contribution is -2.22. The van der Waals surface area contributed by atoms with Crippen LogP contribution in [0.2, 0.25) is 0 Å². The zero-order valence-corrected chi connectivity index (χ0v) is 10.8. The van der Waals surface area contributed by atoms with Gasteiger partial charge in [0.1, 0.15) is 10.8 Å². The van der Waals surface area contributed by atoms with Gasteiger partial charge in [-0.2, -0.15) is 0 Å². The topological polar surface area (TPSA) is 80.9 Å². The third-order valence-electron chi connectivity index (χ3n) is 2.39. The molecule has 3 N–H and O–H groups in total. The van der Waals surface area contributed by atoms with Crippen molar-refractivity contribution in [1.82, 2.24) is 15.3 Å². The van der Waals surface area contributed by atoms with Crippen molar-refractivity contribution in [1.29, 1.82) is 0 Å². The number of nitrogen functional groups attached to an aromatic ring is 1. The number of nitrogens with zero attached hydrogens (tertiary/aromatic N) is 2. The fourth-order valence-corrected chi connectivity index (χ4v) is 2.24. The Kier molecular flexibility index (Phi) is 3.88. The highest BCUT2D eigenvalue weighted by atomic mass is 32.1. The van der Waals surface area contributed by atoms with Crippen LogP contribution in [-0.2, 0) is 13.0 Å². The highest BCUT2D eigenvalue weighted by Gasteiger charge is 2.07. The van der Waals surface area contributed by atoms with Gasteiger partial charge in [-0.3, -0.25) is 4.79 Å². The zero-order chi connectivity index (χ0) is 13.0. The standard InChI is InChI=1S/C12H14N4OS/c1-2-9-6-15-11(18-9)7-16-12(17)8-3-4-14-10(13)5-8/h3-6H,2,7H2,1H3,(H2,13,14)(H,16,17). The minimum atomic E-state index is -0.169. The van der Waals surface area contributed by atoms with Gasteiger partial charge in [-0.1, -0.05) is 6.92 Å². The number of carbonyl (C=O) groups excluding carboxylic acids is 1. The fourth-order valence-electron chi connectivity index (χ4n) is 1.44. The molecule has 2 aromatic heterocycles. The minimum Gasteiger partial charge on any atom is -0.384 e. The second-order valence-corrected chi connectivity index (χ2v) is 4.93. The first-order valence-corrected chi connectivity index (χ1v) is 6.44. The largest absolute Gasteiger partial charge is 0.384 e. The molecule has 0 aromatic carbocycles. The molecule has 0 bridgehead atoms. The van der Waals surface area contributed by atoms with Gasteiger partial charge in [0.15, 0.2) is 0 Å². The summed E-state index contributed by atoms with van der Waals surface area (Å²) in [6, 6.07) is 3.18. The van der Waals surface area contributed by atoms with E-state index in [1.54, 1.807) is 23.5 Å². The Morgan fingerprint density at radius 3 is 3.00 bits per heavy atom. The molecule has 0 fully saturated rings. The van der Waals surface area contributed by atoms with Crippen LogP contribution in [0, 0.1) is 0 Å². The van der Waals surface area contributed by atoms with Crippen LogP contribution in [0.5, 0.6) is 0 Å². The Bertz CT molecular complexity index is 553. The lowest BCUT2D eigenvalue weighted by molar-refractivity contribution is 0.0951. The molecule has 0 aliphatic rings. The van der Waals surface area contributed by atoms with E-state index in [-0.39, 0.29) is 5.91 Å². The highest BCUT2D eigenvalue weighted by Crippen LogP contribution is 2.13. The molecule has 0 aliphatic carbocycles. The van der Waals surface area contributed by atoms with E-state index < -0.39 is 0 Å². The molecule has 0 unspecified atom stereocenters. The zero-order valence-electron chi connectivity index (χ0n) is 10.0. The fraction of sp³-hybridized carbons (Fsp3) is 0.250. The maximum atomic E-state index is 11.8. The highest BCUT2D eigenvalue weighted by molar-refractivity contribution is 7.11. The van der Waals surface area contributed by atoms with Gasteiger partial charge in [-0.25, -0.2) is 9.97 Å². The van der Waals surface area contributed by atoms with Gasteiger partial charge in [0.25, 0.3) is 5.91 Å². The van der Waals surface area contributed by atoms with Crippen molar-refractivity contribution < 1.29 is 4.79 Å². The SMILES string of the molecule is CCc1cnc(CNC(=O)c2ccnc(N)c2)s1. The number of amides is 1. The molecule has 94 valence electrons. The van der Waals surface area contributed by atoms with E-state index in [0.717, 1.165) is 11.4 Å². The summed E-state index contributed by atoms with van der Waals surface area (Å²) in [5, 5.41) is 3.71. The molecule has 5 nitrogen and oxygen atoms in total. The molecule has 18 heavy (non-hydrogen) atoms. The molecule has 0 radical (unpaired) electrons. The molecule has 2 aromatic rings. The summed E-state index contributed by atoms with van der Waals surface area (Å²) >= 11 is 1.61. The Morgan fingerprint density at radius 1 is 1.50 bits per heavy atom.